The van der Waals surface area contributed by atoms with Crippen LogP contribution in [0.5, 0.6) is 11.5 Å². The zero-order valence-corrected chi connectivity index (χ0v) is 22.8. The van der Waals surface area contributed by atoms with E-state index in [2.05, 4.69) is 0 Å². The first kappa shape index (κ1) is 30.1. The molecule has 9 atom stereocenters. The van der Waals surface area contributed by atoms with Crippen molar-refractivity contribution in [1.29, 1.82) is 0 Å². The third-order valence-electron chi connectivity index (χ3n) is 6.91. The number of aliphatic hydroxyl groups is 1. The molecule has 0 aliphatic carbocycles. The fourth-order valence-corrected chi connectivity index (χ4v) is 5.49. The Morgan fingerprint density at radius 2 is 1.84 bits per heavy atom. The molecule has 2 fully saturated rings. The molecule has 2 aliphatic heterocycles. The molecule has 0 aromatic heterocycles. The van der Waals surface area contributed by atoms with E-state index in [0.29, 0.717) is 0 Å². The average Bonchev–Trinajstić information content (AvgIpc) is 2.81. The summed E-state index contributed by atoms with van der Waals surface area (Å²) in [5, 5.41) is 40.9. The Kier molecular flexibility index (Phi) is 9.55. The zero-order chi connectivity index (χ0) is 27.8. The monoisotopic (exact) mass is 569 g/mol. The minimum Gasteiger partial charge on any atom is -0.600 e. The predicted molar refractivity (Wildman–Crippen MR) is 129 cm³/mol. The van der Waals surface area contributed by atoms with E-state index in [1.165, 1.54) is 21.1 Å². The molecule has 4 N–H and O–H groups in total. The van der Waals surface area contributed by atoms with Gasteiger partial charge < -0.3 is 43.8 Å². The molecule has 210 valence electrons. The van der Waals surface area contributed by atoms with Gasteiger partial charge >= 0.3 is 5.97 Å². The van der Waals surface area contributed by atoms with Gasteiger partial charge in [0.1, 0.15) is 22.8 Å². The number of phenolic OH excluding ortho intramolecular Hbond substituents is 1. The van der Waals surface area contributed by atoms with Crippen molar-refractivity contribution in [3.8, 4) is 11.5 Å². The van der Waals surface area contributed by atoms with Gasteiger partial charge in [-0.25, -0.2) is 15.2 Å². The van der Waals surface area contributed by atoms with Gasteiger partial charge in [0, 0.05) is 13.5 Å². The number of carbonyl (C=O) groups excluding carboxylic acids is 1. The summed E-state index contributed by atoms with van der Waals surface area (Å²) in [5.41, 5.74) is -1.24. The lowest BCUT2D eigenvalue weighted by Gasteiger charge is -2.49. The number of nitrogens with one attached hydrogen (secondary N) is 1. The predicted octanol–water partition coefficient (Wildman–Crippen LogP) is 1.73. The smallest absolute Gasteiger partial charge is 0.342 e. The van der Waals surface area contributed by atoms with Crippen molar-refractivity contribution >= 4 is 29.2 Å². The number of hydrogen-bond donors (Lipinski definition) is 4. The van der Waals surface area contributed by atoms with Crippen molar-refractivity contribution in [2.24, 2.45) is 0 Å². The molecule has 1 unspecified atom stereocenters. The Hall–Kier alpha value is -1.45. The molecule has 12 nitrogen and oxygen atoms in total. The maximum Gasteiger partial charge on any atom is 0.342 e. The van der Waals surface area contributed by atoms with Crippen LogP contribution in [0.2, 0.25) is 10.0 Å². The number of aromatic hydroxyl groups is 1. The molecule has 0 bridgehead atoms. The van der Waals surface area contributed by atoms with Crippen molar-refractivity contribution in [3.05, 3.63) is 26.4 Å². The summed E-state index contributed by atoms with van der Waals surface area (Å²) in [6.45, 7) is 6.30. The van der Waals surface area contributed by atoms with Crippen LogP contribution in [0.3, 0.4) is 0 Å². The first-order valence-electron chi connectivity index (χ1n) is 11.6. The number of carbonyl (C=O) groups is 1. The average molecular weight is 570 g/mol. The summed E-state index contributed by atoms with van der Waals surface area (Å²) in [6, 6.07) is 0. The molecule has 0 saturated carbocycles. The van der Waals surface area contributed by atoms with Crippen LogP contribution in [-0.4, -0.2) is 84.2 Å². The van der Waals surface area contributed by atoms with E-state index in [1.54, 1.807) is 20.8 Å². The Bertz CT molecular complexity index is 996. The van der Waals surface area contributed by atoms with Gasteiger partial charge in [-0.1, -0.05) is 23.2 Å². The van der Waals surface area contributed by atoms with Crippen molar-refractivity contribution in [2.45, 2.75) is 89.2 Å². The highest BCUT2D eigenvalue weighted by Gasteiger charge is 2.53. The summed E-state index contributed by atoms with van der Waals surface area (Å²) in [6.07, 6.45) is -6.48. The van der Waals surface area contributed by atoms with Crippen molar-refractivity contribution in [3.63, 3.8) is 0 Å². The summed E-state index contributed by atoms with van der Waals surface area (Å²) >= 11 is 12.3. The lowest BCUT2D eigenvalue weighted by Crippen LogP contribution is -3.16. The van der Waals surface area contributed by atoms with Crippen molar-refractivity contribution in [2.75, 3.05) is 14.2 Å². The number of aliphatic hydroxyl groups excluding tert-OH is 1. The molecular weight excluding hydrogens is 537 g/mol. The van der Waals surface area contributed by atoms with Crippen molar-refractivity contribution < 1.29 is 53.9 Å². The second kappa shape index (κ2) is 11.7. The van der Waals surface area contributed by atoms with Gasteiger partial charge in [-0.15, -0.1) is 0 Å². The number of hydroxylamine groups is 2. The molecule has 3 rings (SSSR count). The molecular formula is C23H33Cl2NO11. The maximum atomic E-state index is 13.3. The molecule has 2 aliphatic rings. The van der Waals surface area contributed by atoms with Gasteiger partial charge in [0.15, 0.2) is 35.7 Å². The SMILES string of the molecule is COc1c(Cl)c(O)c(Cl)c(C)c1C(=O)O[C@@H]1[C@H](C)O[C@@H](O)C[C@H]1O[C@H]1C[C@](C)([NH+]([O-])O)[C@H](OC)[C@@H](C)O1. The van der Waals surface area contributed by atoms with Gasteiger partial charge in [0.25, 0.3) is 0 Å². The molecule has 0 spiro atoms. The maximum absolute atomic E-state index is 13.3. The highest BCUT2D eigenvalue weighted by molar-refractivity contribution is 6.39. The first-order valence-corrected chi connectivity index (χ1v) is 12.4. The number of quaternary nitrogens is 1. The van der Waals surface area contributed by atoms with E-state index in [0.717, 1.165) is 0 Å². The van der Waals surface area contributed by atoms with Crippen LogP contribution in [0.25, 0.3) is 0 Å². The topological polar surface area (TPSA) is 161 Å². The number of hydrogen-bond acceptors (Lipinski definition) is 11. The van der Waals surface area contributed by atoms with Crippen LogP contribution in [-0.2, 0) is 23.7 Å². The van der Waals surface area contributed by atoms with Gasteiger partial charge in [0.2, 0.25) is 0 Å². The van der Waals surface area contributed by atoms with Crippen LogP contribution in [0.4, 0.5) is 0 Å². The summed E-state index contributed by atoms with van der Waals surface area (Å²) in [4.78, 5) is 13.3. The van der Waals surface area contributed by atoms with Gasteiger partial charge in [-0.2, -0.15) is 0 Å². The number of rotatable bonds is 7. The molecule has 2 heterocycles. The molecule has 2 saturated heterocycles. The first-order chi connectivity index (χ1) is 17.3. The van der Waals surface area contributed by atoms with Crippen LogP contribution < -0.4 is 9.96 Å². The number of ether oxygens (including phenoxy) is 6. The summed E-state index contributed by atoms with van der Waals surface area (Å²) in [7, 11) is 2.69. The standard InChI is InChI=1S/C23H33Cl2NO11/c1-9-15(20(32-5)17(25)18(28)16(9)24)22(29)37-19-10(2)34-13(27)7-12(19)36-14-8-23(4,26(30)31)21(33-6)11(3)35-14/h10-14,19,21,26-28,30H,7-8H2,1-6H3/t10-,11+,12+,13+,14-,19+,21+,23-/m0/s1. The van der Waals surface area contributed by atoms with E-state index in [-0.39, 0.29) is 39.8 Å². The van der Waals surface area contributed by atoms with Crippen LogP contribution in [0.1, 0.15) is 49.5 Å². The van der Waals surface area contributed by atoms with E-state index in [1.807, 2.05) is 0 Å². The van der Waals surface area contributed by atoms with Gasteiger partial charge in [-0.05, 0) is 33.3 Å². The quantitative estimate of drug-likeness (QED) is 0.279. The molecule has 0 radical (unpaired) electrons. The zero-order valence-electron chi connectivity index (χ0n) is 21.3. The normalized spacial score (nSPS) is 35.2. The van der Waals surface area contributed by atoms with Crippen LogP contribution >= 0.6 is 23.2 Å². The molecule has 1 aromatic rings. The third kappa shape index (κ3) is 5.78. The van der Waals surface area contributed by atoms with E-state index in [9.17, 15) is 25.4 Å². The Balaban J connectivity index is 1.88. The number of phenols is 1. The minimum atomic E-state index is -1.32. The molecule has 1 aromatic carbocycles. The number of methoxy groups -OCH3 is 2. The largest absolute Gasteiger partial charge is 0.600 e. The fraction of sp³-hybridized carbons (Fsp3) is 0.696. The Morgan fingerprint density at radius 1 is 1.19 bits per heavy atom. The lowest BCUT2D eigenvalue weighted by atomic mass is 9.85. The van der Waals surface area contributed by atoms with Gasteiger partial charge in [0.05, 0.1) is 30.8 Å². The highest BCUT2D eigenvalue weighted by atomic mass is 35.5. The van der Waals surface area contributed by atoms with E-state index in [4.69, 9.17) is 51.6 Å². The second-order valence-electron chi connectivity index (χ2n) is 9.44. The van der Waals surface area contributed by atoms with Gasteiger partial charge in [-0.3, -0.25) is 0 Å². The molecule has 37 heavy (non-hydrogen) atoms. The molecule has 0 amide bonds. The Morgan fingerprint density at radius 3 is 2.41 bits per heavy atom. The van der Waals surface area contributed by atoms with E-state index < -0.39 is 65.6 Å². The number of esters is 1. The van der Waals surface area contributed by atoms with Crippen LogP contribution in [0, 0.1) is 12.1 Å². The fourth-order valence-electron chi connectivity index (χ4n) is 4.99. The van der Waals surface area contributed by atoms with E-state index >= 15 is 0 Å². The Labute approximate surface area is 224 Å². The second-order valence-corrected chi connectivity index (χ2v) is 10.2. The minimum absolute atomic E-state index is 0.0518. The number of halogens is 2. The highest BCUT2D eigenvalue weighted by Crippen LogP contribution is 2.45. The summed E-state index contributed by atoms with van der Waals surface area (Å²) < 4.78 is 33.8. The molecule has 14 heteroatoms. The number of benzene rings is 1. The summed E-state index contributed by atoms with van der Waals surface area (Å²) in [5.74, 6) is -1.44. The van der Waals surface area contributed by atoms with Crippen molar-refractivity contribution in [1.82, 2.24) is 0 Å². The third-order valence-corrected chi connectivity index (χ3v) is 7.73. The lowest BCUT2D eigenvalue weighted by molar-refractivity contribution is -1.09. The van der Waals surface area contributed by atoms with Crippen LogP contribution in [0.15, 0.2) is 0 Å².